The van der Waals surface area contributed by atoms with E-state index >= 15 is 0 Å². The molecule has 0 saturated carbocycles. The number of benzene rings is 1. The predicted molar refractivity (Wildman–Crippen MR) is 75.7 cm³/mol. The van der Waals surface area contributed by atoms with Crippen molar-refractivity contribution in [3.63, 3.8) is 0 Å². The molecular formula is C12H11BrN4O2. The van der Waals surface area contributed by atoms with Crippen molar-refractivity contribution in [2.24, 2.45) is 0 Å². The van der Waals surface area contributed by atoms with Crippen LogP contribution in [0.25, 0.3) is 0 Å². The molecule has 98 valence electrons. The highest BCUT2D eigenvalue weighted by molar-refractivity contribution is 9.10. The second kappa shape index (κ2) is 5.66. The molecule has 0 unspecified atom stereocenters. The lowest BCUT2D eigenvalue weighted by Gasteiger charge is -2.07. The molecule has 0 saturated heterocycles. The molecule has 0 aliphatic rings. The summed E-state index contributed by atoms with van der Waals surface area (Å²) in [6.07, 6.45) is 0. The SMILES string of the molecule is Nc1ccc(=O)n(CC(=O)Nc2ccc(Br)cc2)n1. The fraction of sp³-hybridized carbons (Fsp3) is 0.0833. The number of hydrogen-bond donors (Lipinski definition) is 2. The average Bonchev–Trinajstić information content (AvgIpc) is 2.37. The van der Waals surface area contributed by atoms with Gasteiger partial charge >= 0.3 is 0 Å². The second-order valence-corrected chi connectivity index (χ2v) is 4.72. The van der Waals surface area contributed by atoms with Crippen molar-refractivity contribution in [1.29, 1.82) is 0 Å². The van der Waals surface area contributed by atoms with Gasteiger partial charge in [0.15, 0.2) is 0 Å². The van der Waals surface area contributed by atoms with Crippen LogP contribution in [0.1, 0.15) is 0 Å². The van der Waals surface area contributed by atoms with E-state index in [1.54, 1.807) is 24.3 Å². The first-order valence-corrected chi connectivity index (χ1v) is 6.23. The number of halogens is 1. The summed E-state index contributed by atoms with van der Waals surface area (Å²) >= 11 is 3.30. The first-order valence-electron chi connectivity index (χ1n) is 5.43. The monoisotopic (exact) mass is 322 g/mol. The van der Waals surface area contributed by atoms with Crippen molar-refractivity contribution in [3.05, 3.63) is 51.2 Å². The summed E-state index contributed by atoms with van der Waals surface area (Å²) in [5.41, 5.74) is 5.73. The molecular weight excluding hydrogens is 312 g/mol. The van der Waals surface area contributed by atoms with Crippen molar-refractivity contribution in [2.45, 2.75) is 6.54 Å². The first-order chi connectivity index (χ1) is 9.04. The molecule has 1 aromatic carbocycles. The highest BCUT2D eigenvalue weighted by atomic mass is 79.9. The van der Waals surface area contributed by atoms with Crippen LogP contribution < -0.4 is 16.6 Å². The third-order valence-corrected chi connectivity index (χ3v) is 2.84. The van der Waals surface area contributed by atoms with Crippen LogP contribution in [0.15, 0.2) is 45.7 Å². The summed E-state index contributed by atoms with van der Waals surface area (Å²) in [5.74, 6) is -0.154. The summed E-state index contributed by atoms with van der Waals surface area (Å²) in [5, 5.41) is 6.45. The number of rotatable bonds is 3. The Balaban J connectivity index is 2.07. The molecule has 19 heavy (non-hydrogen) atoms. The Morgan fingerprint density at radius 3 is 2.63 bits per heavy atom. The van der Waals surface area contributed by atoms with Crippen LogP contribution in [-0.4, -0.2) is 15.7 Å². The second-order valence-electron chi connectivity index (χ2n) is 3.81. The number of carbonyl (C=O) groups excluding carboxylic acids is 1. The first kappa shape index (κ1) is 13.3. The summed E-state index contributed by atoms with van der Waals surface area (Å²) < 4.78 is 1.93. The minimum absolute atomic E-state index is 0.181. The normalized spacial score (nSPS) is 10.2. The number of nitrogen functional groups attached to an aromatic ring is 1. The summed E-state index contributed by atoms with van der Waals surface area (Å²) in [7, 11) is 0. The van der Waals surface area contributed by atoms with Crippen LogP contribution in [0.2, 0.25) is 0 Å². The van der Waals surface area contributed by atoms with Crippen molar-refractivity contribution in [2.75, 3.05) is 11.1 Å². The van der Waals surface area contributed by atoms with Gasteiger partial charge in [-0.1, -0.05) is 15.9 Å². The van der Waals surface area contributed by atoms with Crippen molar-refractivity contribution >= 4 is 33.3 Å². The maximum Gasteiger partial charge on any atom is 0.267 e. The fourth-order valence-electron chi connectivity index (χ4n) is 1.45. The Morgan fingerprint density at radius 1 is 1.26 bits per heavy atom. The van der Waals surface area contributed by atoms with Crippen LogP contribution in [0, 0.1) is 0 Å². The minimum Gasteiger partial charge on any atom is -0.382 e. The van der Waals surface area contributed by atoms with Crippen LogP contribution in [-0.2, 0) is 11.3 Å². The lowest BCUT2D eigenvalue weighted by Crippen LogP contribution is -2.29. The molecule has 0 radical (unpaired) electrons. The highest BCUT2D eigenvalue weighted by Gasteiger charge is 2.06. The van der Waals surface area contributed by atoms with Gasteiger partial charge in [-0.3, -0.25) is 9.59 Å². The number of nitrogens with zero attached hydrogens (tertiary/aromatic N) is 2. The number of nitrogens with two attached hydrogens (primary N) is 1. The molecule has 0 bridgehead atoms. The number of aromatic nitrogens is 2. The number of amides is 1. The van der Waals surface area contributed by atoms with Gasteiger partial charge in [0.25, 0.3) is 5.56 Å². The van der Waals surface area contributed by atoms with Crippen LogP contribution in [0.5, 0.6) is 0 Å². The molecule has 1 aromatic heterocycles. The Labute approximate surface area is 117 Å². The minimum atomic E-state index is -0.375. The third-order valence-electron chi connectivity index (χ3n) is 2.31. The van der Waals surface area contributed by atoms with Gasteiger partial charge < -0.3 is 11.1 Å². The van der Waals surface area contributed by atoms with Gasteiger partial charge in [-0.2, -0.15) is 5.10 Å². The van der Waals surface area contributed by atoms with E-state index in [9.17, 15) is 9.59 Å². The number of nitrogens with one attached hydrogen (secondary N) is 1. The zero-order valence-electron chi connectivity index (χ0n) is 9.84. The molecule has 0 aliphatic heterocycles. The Kier molecular flexibility index (Phi) is 3.96. The molecule has 0 atom stereocenters. The molecule has 2 rings (SSSR count). The van der Waals surface area contributed by atoms with Gasteiger partial charge in [0.05, 0.1) is 0 Å². The summed E-state index contributed by atoms with van der Waals surface area (Å²) in [6, 6.07) is 9.77. The van der Waals surface area contributed by atoms with E-state index in [4.69, 9.17) is 5.73 Å². The third kappa shape index (κ3) is 3.65. The van der Waals surface area contributed by atoms with E-state index in [0.717, 1.165) is 9.15 Å². The predicted octanol–water partition coefficient (Wildman–Crippen LogP) is 1.23. The quantitative estimate of drug-likeness (QED) is 0.889. The van der Waals surface area contributed by atoms with Crippen LogP contribution >= 0.6 is 15.9 Å². The van der Waals surface area contributed by atoms with Gasteiger partial charge in [-0.05, 0) is 30.3 Å². The summed E-state index contributed by atoms with van der Waals surface area (Å²) in [4.78, 5) is 23.2. The van der Waals surface area contributed by atoms with E-state index in [1.807, 2.05) is 0 Å². The molecule has 3 N–H and O–H groups in total. The number of carbonyl (C=O) groups is 1. The van der Waals surface area contributed by atoms with Gasteiger partial charge in [0.2, 0.25) is 5.91 Å². The van der Waals surface area contributed by atoms with Gasteiger partial charge in [-0.25, -0.2) is 4.68 Å². The molecule has 0 aliphatic carbocycles. The zero-order valence-corrected chi connectivity index (χ0v) is 11.4. The van der Waals surface area contributed by atoms with Gasteiger partial charge in [0, 0.05) is 16.2 Å². The Hall–Kier alpha value is -2.15. The lowest BCUT2D eigenvalue weighted by atomic mass is 10.3. The van der Waals surface area contributed by atoms with E-state index < -0.39 is 0 Å². The molecule has 0 spiro atoms. The smallest absolute Gasteiger partial charge is 0.267 e. The lowest BCUT2D eigenvalue weighted by molar-refractivity contribution is -0.117. The zero-order chi connectivity index (χ0) is 13.8. The van der Waals surface area contributed by atoms with Gasteiger partial charge in [-0.15, -0.1) is 0 Å². The maximum absolute atomic E-state index is 11.8. The standard InChI is InChI=1S/C12H11BrN4O2/c13-8-1-3-9(4-2-8)15-11(18)7-17-12(19)6-5-10(14)16-17/h1-6H,7H2,(H2,14,16)(H,15,18). The number of anilines is 2. The van der Waals surface area contributed by atoms with E-state index in [1.165, 1.54) is 12.1 Å². The molecule has 6 nitrogen and oxygen atoms in total. The fourth-order valence-corrected chi connectivity index (χ4v) is 1.71. The Morgan fingerprint density at radius 2 is 1.95 bits per heavy atom. The van der Waals surface area contributed by atoms with Gasteiger partial charge in [0.1, 0.15) is 12.4 Å². The summed E-state index contributed by atoms with van der Waals surface area (Å²) in [6.45, 7) is -0.181. The van der Waals surface area contributed by atoms with Crippen LogP contribution in [0.4, 0.5) is 11.5 Å². The van der Waals surface area contributed by atoms with E-state index in [2.05, 4.69) is 26.3 Å². The Bertz CT molecular complexity index is 652. The topological polar surface area (TPSA) is 90.0 Å². The molecule has 1 heterocycles. The molecule has 7 heteroatoms. The van der Waals surface area contributed by atoms with E-state index in [0.29, 0.717) is 5.69 Å². The van der Waals surface area contributed by atoms with E-state index in [-0.39, 0.29) is 23.8 Å². The van der Waals surface area contributed by atoms with Crippen molar-refractivity contribution in [3.8, 4) is 0 Å². The molecule has 1 amide bonds. The number of hydrogen-bond acceptors (Lipinski definition) is 4. The molecule has 2 aromatic rings. The van der Waals surface area contributed by atoms with Crippen molar-refractivity contribution < 1.29 is 4.79 Å². The van der Waals surface area contributed by atoms with Crippen molar-refractivity contribution in [1.82, 2.24) is 9.78 Å². The highest BCUT2D eigenvalue weighted by Crippen LogP contribution is 2.13. The molecule has 0 fully saturated rings. The average molecular weight is 323 g/mol. The largest absolute Gasteiger partial charge is 0.382 e. The maximum atomic E-state index is 11.8. The van der Waals surface area contributed by atoms with Crippen LogP contribution in [0.3, 0.4) is 0 Å².